The summed E-state index contributed by atoms with van der Waals surface area (Å²) in [4.78, 5) is 60.3. The van der Waals surface area contributed by atoms with Gasteiger partial charge in [-0.3, -0.25) is 19.2 Å². The van der Waals surface area contributed by atoms with Crippen molar-refractivity contribution in [3.8, 4) is 0 Å². The third-order valence-corrected chi connectivity index (χ3v) is 8.68. The zero-order chi connectivity index (χ0) is 31.2. The van der Waals surface area contributed by atoms with Crippen LogP contribution in [-0.4, -0.2) is 78.8 Å². The van der Waals surface area contributed by atoms with Gasteiger partial charge in [0.15, 0.2) is 0 Å². The molecule has 2 aliphatic rings. The highest BCUT2D eigenvalue weighted by atomic mass is 35.5. The number of pyridine rings is 1. The topological polar surface area (TPSA) is 134 Å². The molecule has 0 unspecified atom stereocenters. The lowest BCUT2D eigenvalue weighted by Gasteiger charge is -2.29. The van der Waals surface area contributed by atoms with E-state index in [1.165, 1.54) is 6.20 Å². The Hall–Kier alpha value is -3.96. The van der Waals surface area contributed by atoms with Gasteiger partial charge in [-0.25, -0.2) is 4.98 Å². The number of furan rings is 1. The number of methoxy groups -OCH3 is 1. The molecule has 1 aliphatic heterocycles. The minimum Gasteiger partial charge on any atom is -0.449 e. The second-order valence-corrected chi connectivity index (χ2v) is 11.9. The number of halogens is 1. The number of amides is 4. The van der Waals surface area contributed by atoms with Crippen LogP contribution in [0, 0.1) is 11.8 Å². The van der Waals surface area contributed by atoms with E-state index in [0.717, 1.165) is 25.9 Å². The molecule has 0 bridgehead atoms. The molecule has 2 N–H and O–H groups in total. The van der Waals surface area contributed by atoms with E-state index in [1.54, 1.807) is 49.4 Å². The molecule has 234 valence electrons. The SMILES string of the molecule is COCCN(C)C(=O)Cc1ccc2oc(C(=O)Nc3ccc(Cl)cn3)c(NC(=O)C3CCC(C(=O)N4CCCC4)CC3)c2c1. The average molecular weight is 624 g/mol. The zero-order valence-corrected chi connectivity index (χ0v) is 25.8. The summed E-state index contributed by atoms with van der Waals surface area (Å²) in [5, 5.41) is 6.60. The zero-order valence-electron chi connectivity index (χ0n) is 25.1. The normalized spacial score (nSPS) is 18.3. The van der Waals surface area contributed by atoms with Crippen LogP contribution in [0.2, 0.25) is 5.02 Å². The van der Waals surface area contributed by atoms with Crippen molar-refractivity contribution in [2.75, 3.05) is 51.0 Å². The van der Waals surface area contributed by atoms with Gasteiger partial charge >= 0.3 is 0 Å². The predicted molar refractivity (Wildman–Crippen MR) is 167 cm³/mol. The number of nitrogens with zero attached hydrogens (tertiary/aromatic N) is 3. The summed E-state index contributed by atoms with van der Waals surface area (Å²) < 4.78 is 11.0. The Labute approximate surface area is 261 Å². The van der Waals surface area contributed by atoms with Crippen LogP contribution >= 0.6 is 11.6 Å². The van der Waals surface area contributed by atoms with E-state index in [1.807, 2.05) is 4.90 Å². The number of ether oxygens (including phenoxy) is 1. The summed E-state index contributed by atoms with van der Waals surface area (Å²) in [6, 6.07) is 8.38. The lowest BCUT2D eigenvalue weighted by molar-refractivity contribution is -0.136. The summed E-state index contributed by atoms with van der Waals surface area (Å²) in [6.07, 6.45) is 6.09. The number of rotatable bonds is 10. The Morgan fingerprint density at radius 2 is 1.77 bits per heavy atom. The maximum absolute atomic E-state index is 13.6. The monoisotopic (exact) mass is 623 g/mol. The molecule has 1 saturated heterocycles. The lowest BCUT2D eigenvalue weighted by Crippen LogP contribution is -2.37. The number of anilines is 2. The van der Waals surface area contributed by atoms with E-state index in [4.69, 9.17) is 20.8 Å². The molecule has 0 atom stereocenters. The Bertz CT molecular complexity index is 1510. The van der Waals surface area contributed by atoms with Crippen LogP contribution in [0.5, 0.6) is 0 Å². The van der Waals surface area contributed by atoms with Gasteiger partial charge < -0.3 is 29.6 Å². The molecule has 12 heteroatoms. The number of carbonyl (C=O) groups is 4. The number of carbonyl (C=O) groups excluding carboxylic acids is 4. The van der Waals surface area contributed by atoms with Crippen LogP contribution in [0.3, 0.4) is 0 Å². The van der Waals surface area contributed by atoms with Crippen LogP contribution < -0.4 is 10.6 Å². The molecule has 5 rings (SSSR count). The van der Waals surface area contributed by atoms with Crippen LogP contribution in [0.1, 0.15) is 54.6 Å². The molecular weight excluding hydrogens is 586 g/mol. The number of benzene rings is 1. The summed E-state index contributed by atoms with van der Waals surface area (Å²) in [6.45, 7) is 2.52. The molecule has 44 heavy (non-hydrogen) atoms. The predicted octanol–water partition coefficient (Wildman–Crippen LogP) is 4.75. The molecule has 3 aromatic rings. The lowest BCUT2D eigenvalue weighted by atomic mass is 9.81. The van der Waals surface area contributed by atoms with Crippen LogP contribution in [0.25, 0.3) is 11.0 Å². The molecule has 4 amide bonds. The molecule has 3 heterocycles. The number of nitrogens with one attached hydrogen (secondary N) is 2. The number of aromatic nitrogens is 1. The fourth-order valence-corrected chi connectivity index (χ4v) is 5.96. The van der Waals surface area contributed by atoms with Crippen molar-refractivity contribution in [1.29, 1.82) is 0 Å². The molecule has 2 fully saturated rings. The van der Waals surface area contributed by atoms with Gasteiger partial charge in [-0.05, 0) is 68.4 Å². The van der Waals surface area contributed by atoms with Crippen molar-refractivity contribution >= 4 is 57.7 Å². The fraction of sp³-hybridized carbons (Fsp3) is 0.469. The highest BCUT2D eigenvalue weighted by molar-refractivity contribution is 6.30. The minimum absolute atomic E-state index is 0.0535. The first-order valence-electron chi connectivity index (χ1n) is 15.0. The number of likely N-dealkylation sites (tertiary alicyclic amines) is 1. The van der Waals surface area contributed by atoms with E-state index in [0.29, 0.717) is 60.4 Å². The molecule has 11 nitrogen and oxygen atoms in total. The molecule has 0 radical (unpaired) electrons. The van der Waals surface area contributed by atoms with E-state index in [-0.39, 0.29) is 53.2 Å². The number of hydrogen-bond acceptors (Lipinski definition) is 7. The van der Waals surface area contributed by atoms with Crippen molar-refractivity contribution < 1.29 is 28.3 Å². The minimum atomic E-state index is -0.594. The van der Waals surface area contributed by atoms with Crippen LogP contribution in [-0.2, 0) is 25.5 Å². The molecular formula is C32H38ClN5O6. The first-order chi connectivity index (χ1) is 21.2. The second-order valence-electron chi connectivity index (χ2n) is 11.5. The Morgan fingerprint density at radius 1 is 1.05 bits per heavy atom. The summed E-state index contributed by atoms with van der Waals surface area (Å²) >= 11 is 5.93. The molecule has 2 aromatic heterocycles. The smallest absolute Gasteiger partial charge is 0.294 e. The maximum atomic E-state index is 13.6. The van der Waals surface area contributed by atoms with Gasteiger partial charge in [0, 0.05) is 57.2 Å². The molecule has 0 spiro atoms. The van der Waals surface area contributed by atoms with Gasteiger partial charge in [-0.15, -0.1) is 0 Å². The standard InChI is InChI=1S/C32H38ClN5O6/c1-37(15-16-43-2)27(39)18-20-5-11-25-24(17-20)28(29(44-25)31(41)35-26-12-10-23(33)19-34-26)36-30(40)21-6-8-22(9-7-21)32(42)38-13-3-4-14-38/h5,10-12,17,19,21-22H,3-4,6-9,13-16,18H2,1-2H3,(H,36,40)(H,34,35,41). The first kappa shape index (κ1) is 31.5. The second kappa shape index (κ2) is 14.2. The molecule has 1 aromatic carbocycles. The van der Waals surface area contributed by atoms with Gasteiger partial charge in [-0.2, -0.15) is 0 Å². The van der Waals surface area contributed by atoms with Crippen molar-refractivity contribution in [3.05, 3.63) is 52.9 Å². The average Bonchev–Trinajstić information content (AvgIpc) is 3.69. The van der Waals surface area contributed by atoms with Crippen molar-refractivity contribution in [1.82, 2.24) is 14.8 Å². The Balaban J connectivity index is 1.36. The Morgan fingerprint density at radius 3 is 2.45 bits per heavy atom. The van der Waals surface area contributed by atoms with Crippen molar-refractivity contribution in [2.45, 2.75) is 44.9 Å². The van der Waals surface area contributed by atoms with E-state index >= 15 is 0 Å². The number of hydrogen-bond donors (Lipinski definition) is 2. The molecule has 1 saturated carbocycles. The highest BCUT2D eigenvalue weighted by Crippen LogP contribution is 2.36. The van der Waals surface area contributed by atoms with Gasteiger partial charge in [-0.1, -0.05) is 17.7 Å². The van der Waals surface area contributed by atoms with E-state index in [9.17, 15) is 19.2 Å². The highest BCUT2D eigenvalue weighted by Gasteiger charge is 2.34. The molecule has 1 aliphatic carbocycles. The maximum Gasteiger partial charge on any atom is 0.294 e. The van der Waals surface area contributed by atoms with E-state index < -0.39 is 5.91 Å². The largest absolute Gasteiger partial charge is 0.449 e. The van der Waals surface area contributed by atoms with Crippen LogP contribution in [0.4, 0.5) is 11.5 Å². The van der Waals surface area contributed by atoms with Gasteiger partial charge in [0.05, 0.1) is 18.1 Å². The van der Waals surface area contributed by atoms with Gasteiger partial charge in [0.1, 0.15) is 17.1 Å². The van der Waals surface area contributed by atoms with Crippen molar-refractivity contribution in [2.24, 2.45) is 11.8 Å². The fourth-order valence-electron chi connectivity index (χ4n) is 5.85. The third kappa shape index (κ3) is 7.39. The van der Waals surface area contributed by atoms with Gasteiger partial charge in [0.2, 0.25) is 23.5 Å². The van der Waals surface area contributed by atoms with Gasteiger partial charge in [0.25, 0.3) is 5.91 Å². The summed E-state index contributed by atoms with van der Waals surface area (Å²) in [7, 11) is 3.29. The third-order valence-electron chi connectivity index (χ3n) is 8.45. The quantitative estimate of drug-likeness (QED) is 0.333. The summed E-state index contributed by atoms with van der Waals surface area (Å²) in [5.41, 5.74) is 1.32. The van der Waals surface area contributed by atoms with Crippen molar-refractivity contribution in [3.63, 3.8) is 0 Å². The summed E-state index contributed by atoms with van der Waals surface area (Å²) in [5.74, 6) is -0.901. The number of likely N-dealkylation sites (N-methyl/N-ethyl adjacent to an activating group) is 1. The number of fused-ring (bicyclic) bond motifs is 1. The van der Waals surface area contributed by atoms with Crippen LogP contribution in [0.15, 0.2) is 40.9 Å². The first-order valence-corrected chi connectivity index (χ1v) is 15.4. The van der Waals surface area contributed by atoms with E-state index in [2.05, 4.69) is 15.6 Å². The Kier molecular flexibility index (Phi) is 10.2.